The van der Waals surface area contributed by atoms with Crippen LogP contribution in [0.4, 0.5) is 0 Å². The van der Waals surface area contributed by atoms with Gasteiger partial charge in [0.2, 0.25) is 0 Å². The van der Waals surface area contributed by atoms with Gasteiger partial charge in [-0.3, -0.25) is 0 Å². The first-order chi connectivity index (χ1) is 18.8. The number of hydrogen-bond donors (Lipinski definition) is 0. The second-order valence-electron chi connectivity index (χ2n) is 12.0. The highest BCUT2D eigenvalue weighted by Gasteiger charge is 2.54. The van der Waals surface area contributed by atoms with Gasteiger partial charge in [-0.15, -0.1) is 0 Å². The second kappa shape index (κ2) is 7.62. The van der Waals surface area contributed by atoms with Crippen LogP contribution in [0.25, 0.3) is 21.9 Å². The Bertz CT molecular complexity index is 1760. The molecular weight excluding hydrogens is 479 g/mol. The van der Waals surface area contributed by atoms with Crippen LogP contribution < -0.4 is 10.2 Å². The van der Waals surface area contributed by atoms with Crippen LogP contribution in [0.5, 0.6) is 11.5 Å². The number of fused-ring (bicyclic) bond motifs is 10. The predicted octanol–water partition coefficient (Wildman–Crippen LogP) is 7.61. The van der Waals surface area contributed by atoms with E-state index in [4.69, 9.17) is 14.0 Å². The van der Waals surface area contributed by atoms with Gasteiger partial charge in [0, 0.05) is 11.1 Å². The van der Waals surface area contributed by atoms with Crippen molar-refractivity contribution in [2.45, 2.75) is 44.3 Å². The minimum absolute atomic E-state index is 0.412. The van der Waals surface area contributed by atoms with Crippen LogP contribution in [0.2, 0.25) is 0 Å². The molecule has 39 heavy (non-hydrogen) atoms. The maximum atomic E-state index is 6.80. The first-order valence-electron chi connectivity index (χ1n) is 13.7. The molecule has 1 saturated heterocycles. The molecule has 8 rings (SSSR count). The highest BCUT2D eigenvalue weighted by Crippen LogP contribution is 2.62. The number of rotatable bonds is 1. The van der Waals surface area contributed by atoms with E-state index in [0.29, 0.717) is 0 Å². The minimum atomic E-state index is -0.491. The fraction of sp³-hybridized carbons (Fsp3) is 0.200. The maximum absolute atomic E-state index is 6.80. The Hall–Kier alpha value is -3.86. The molecule has 5 aromatic rings. The quantitative estimate of drug-likeness (QED) is 0.214. The first kappa shape index (κ1) is 23.1. The van der Waals surface area contributed by atoms with Crippen molar-refractivity contribution in [3.05, 3.63) is 125 Å². The average Bonchev–Trinajstić information content (AvgIpc) is 3.35. The van der Waals surface area contributed by atoms with Gasteiger partial charge in [-0.05, 0) is 84.4 Å². The van der Waals surface area contributed by atoms with Crippen molar-refractivity contribution in [2.24, 2.45) is 0 Å². The SMILES string of the molecule is CC1(C)OB(c2ccc3c(c2)Oc2cc4ccccc4cc2C32c3ccccc3-c3ccccc32)OC1(C)C. The summed E-state index contributed by atoms with van der Waals surface area (Å²) in [6.07, 6.45) is 0. The standard InChI is InChI=1S/C35H29BO3/c1-33(2)34(3,4)39-36(38-33)24-17-18-29-32(21-24)37-31-20-23-12-6-5-11-22(23)19-30(31)35(29)27-15-9-7-13-25(27)26-14-8-10-16-28(26)35/h5-21H,1-4H3. The van der Waals surface area contributed by atoms with E-state index in [2.05, 4.69) is 131 Å². The molecule has 0 aromatic heterocycles. The molecule has 4 heteroatoms. The fourth-order valence-electron chi connectivity index (χ4n) is 6.73. The maximum Gasteiger partial charge on any atom is 0.494 e. The molecule has 0 atom stereocenters. The molecule has 3 nitrogen and oxygen atoms in total. The lowest BCUT2D eigenvalue weighted by molar-refractivity contribution is 0.00578. The molecule has 1 spiro atoms. The van der Waals surface area contributed by atoms with Gasteiger partial charge in [0.25, 0.3) is 0 Å². The molecule has 0 unspecified atom stereocenters. The Morgan fingerprint density at radius 1 is 0.513 bits per heavy atom. The van der Waals surface area contributed by atoms with Gasteiger partial charge in [-0.25, -0.2) is 0 Å². The van der Waals surface area contributed by atoms with Crippen molar-refractivity contribution in [1.82, 2.24) is 0 Å². The Balaban J connectivity index is 1.42. The van der Waals surface area contributed by atoms with E-state index in [-0.39, 0.29) is 0 Å². The van der Waals surface area contributed by atoms with Gasteiger partial charge in [-0.2, -0.15) is 0 Å². The molecular formula is C35H29BO3. The Kier molecular flexibility index (Phi) is 4.51. The van der Waals surface area contributed by atoms with Crippen molar-refractivity contribution in [1.29, 1.82) is 0 Å². The van der Waals surface area contributed by atoms with Gasteiger partial charge >= 0.3 is 7.12 Å². The molecule has 0 bridgehead atoms. The van der Waals surface area contributed by atoms with Crippen LogP contribution in [0.1, 0.15) is 49.9 Å². The summed E-state index contributed by atoms with van der Waals surface area (Å²) < 4.78 is 19.6. The van der Waals surface area contributed by atoms with Crippen LogP contribution in [0.3, 0.4) is 0 Å². The molecule has 5 aromatic carbocycles. The lowest BCUT2D eigenvalue weighted by Crippen LogP contribution is -2.41. The zero-order valence-electron chi connectivity index (χ0n) is 22.6. The van der Waals surface area contributed by atoms with E-state index in [0.717, 1.165) is 27.9 Å². The third-order valence-electron chi connectivity index (χ3n) is 9.36. The summed E-state index contributed by atoms with van der Waals surface area (Å²) in [6, 6.07) is 37.2. The number of benzene rings is 5. The number of hydrogen-bond acceptors (Lipinski definition) is 3. The smallest absolute Gasteiger partial charge is 0.457 e. The third-order valence-corrected chi connectivity index (χ3v) is 9.36. The molecule has 1 fully saturated rings. The minimum Gasteiger partial charge on any atom is -0.457 e. The Morgan fingerprint density at radius 2 is 1.05 bits per heavy atom. The Labute approximate surface area is 229 Å². The summed E-state index contributed by atoms with van der Waals surface area (Å²) >= 11 is 0. The van der Waals surface area contributed by atoms with Crippen molar-refractivity contribution in [2.75, 3.05) is 0 Å². The highest BCUT2D eigenvalue weighted by atomic mass is 16.7. The molecule has 3 aliphatic rings. The molecule has 2 aliphatic heterocycles. The zero-order chi connectivity index (χ0) is 26.6. The van der Waals surface area contributed by atoms with E-state index in [9.17, 15) is 0 Å². The summed E-state index contributed by atoms with van der Waals surface area (Å²) in [6.45, 7) is 8.35. The van der Waals surface area contributed by atoms with Crippen LogP contribution in [-0.4, -0.2) is 18.3 Å². The molecule has 0 N–H and O–H groups in total. The molecule has 190 valence electrons. The van der Waals surface area contributed by atoms with E-state index < -0.39 is 23.7 Å². The first-order valence-corrected chi connectivity index (χ1v) is 13.7. The summed E-state index contributed by atoms with van der Waals surface area (Å²) in [5, 5.41) is 2.37. The van der Waals surface area contributed by atoms with Crippen LogP contribution in [0.15, 0.2) is 103 Å². The Morgan fingerprint density at radius 3 is 1.69 bits per heavy atom. The largest absolute Gasteiger partial charge is 0.494 e. The molecule has 0 saturated carbocycles. The topological polar surface area (TPSA) is 27.7 Å². The predicted molar refractivity (Wildman–Crippen MR) is 157 cm³/mol. The summed E-state index contributed by atoms with van der Waals surface area (Å²) in [4.78, 5) is 0. The lowest BCUT2D eigenvalue weighted by Gasteiger charge is -2.39. The molecule has 0 amide bonds. The van der Waals surface area contributed by atoms with Gasteiger partial charge in [0.15, 0.2) is 0 Å². The van der Waals surface area contributed by atoms with Crippen LogP contribution in [0, 0.1) is 0 Å². The van der Waals surface area contributed by atoms with E-state index in [1.807, 2.05) is 0 Å². The second-order valence-corrected chi connectivity index (χ2v) is 12.0. The van der Waals surface area contributed by atoms with Crippen LogP contribution in [-0.2, 0) is 14.7 Å². The van der Waals surface area contributed by atoms with Gasteiger partial charge in [-0.1, -0.05) is 84.9 Å². The lowest BCUT2D eigenvalue weighted by atomic mass is 9.65. The number of ether oxygens (including phenoxy) is 1. The van der Waals surface area contributed by atoms with Gasteiger partial charge < -0.3 is 14.0 Å². The fourth-order valence-corrected chi connectivity index (χ4v) is 6.73. The van der Waals surface area contributed by atoms with Crippen molar-refractivity contribution >= 4 is 23.4 Å². The zero-order valence-corrected chi connectivity index (χ0v) is 22.6. The van der Waals surface area contributed by atoms with E-state index >= 15 is 0 Å². The monoisotopic (exact) mass is 508 g/mol. The van der Waals surface area contributed by atoms with E-state index in [1.54, 1.807) is 0 Å². The molecule has 1 aliphatic carbocycles. The van der Waals surface area contributed by atoms with Gasteiger partial charge in [0.1, 0.15) is 11.5 Å². The van der Waals surface area contributed by atoms with Crippen molar-refractivity contribution in [3.8, 4) is 22.6 Å². The van der Waals surface area contributed by atoms with Gasteiger partial charge in [0.05, 0.1) is 16.6 Å². The highest BCUT2D eigenvalue weighted by molar-refractivity contribution is 6.62. The van der Waals surface area contributed by atoms with E-state index in [1.165, 1.54) is 33.2 Å². The molecule has 0 radical (unpaired) electrons. The summed E-state index contributed by atoms with van der Waals surface area (Å²) in [7, 11) is -0.457. The summed E-state index contributed by atoms with van der Waals surface area (Å²) in [5.74, 6) is 1.73. The third kappa shape index (κ3) is 2.96. The normalized spacial score (nSPS) is 18.8. The average molecular weight is 508 g/mol. The van der Waals surface area contributed by atoms with Crippen molar-refractivity contribution < 1.29 is 14.0 Å². The van der Waals surface area contributed by atoms with Crippen molar-refractivity contribution in [3.63, 3.8) is 0 Å². The summed E-state index contributed by atoms with van der Waals surface area (Å²) in [5.41, 5.74) is 7.09. The molecule has 2 heterocycles. The van der Waals surface area contributed by atoms with Crippen LogP contribution >= 0.6 is 0 Å².